The van der Waals surface area contributed by atoms with E-state index in [2.05, 4.69) is 4.98 Å². The first-order chi connectivity index (χ1) is 15.0. The van der Waals surface area contributed by atoms with E-state index >= 15 is 0 Å². The third-order valence-corrected chi connectivity index (χ3v) is 6.43. The zero-order chi connectivity index (χ0) is 21.5. The Morgan fingerprint density at radius 1 is 1.03 bits per heavy atom. The van der Waals surface area contributed by atoms with E-state index in [1.165, 1.54) is 14.7 Å². The Labute approximate surface area is 184 Å². The molecule has 5 rings (SSSR count). The van der Waals surface area contributed by atoms with Gasteiger partial charge in [0.05, 0.1) is 17.0 Å². The highest BCUT2D eigenvalue weighted by molar-refractivity contribution is 6.32. The van der Waals surface area contributed by atoms with Gasteiger partial charge in [-0.1, -0.05) is 66.4 Å². The van der Waals surface area contributed by atoms with Crippen molar-refractivity contribution in [1.82, 2.24) is 18.7 Å². The first-order valence-corrected chi connectivity index (χ1v) is 11.0. The van der Waals surface area contributed by atoms with Crippen LogP contribution >= 0.6 is 11.6 Å². The van der Waals surface area contributed by atoms with Crippen LogP contribution in [0.25, 0.3) is 16.9 Å². The average Bonchev–Trinajstić information content (AvgIpc) is 3.42. The average molecular weight is 435 g/mol. The van der Waals surface area contributed by atoms with E-state index in [4.69, 9.17) is 11.6 Å². The van der Waals surface area contributed by atoms with E-state index in [0.717, 1.165) is 31.2 Å². The van der Waals surface area contributed by atoms with E-state index in [-0.39, 0.29) is 17.3 Å². The summed E-state index contributed by atoms with van der Waals surface area (Å²) in [5, 5.41) is 0.440. The van der Waals surface area contributed by atoms with E-state index in [1.54, 1.807) is 18.5 Å². The van der Waals surface area contributed by atoms with Crippen LogP contribution in [0.5, 0.6) is 0 Å². The molecule has 1 fully saturated rings. The van der Waals surface area contributed by atoms with E-state index < -0.39 is 0 Å². The van der Waals surface area contributed by atoms with Crippen LogP contribution in [-0.4, -0.2) is 18.7 Å². The second kappa shape index (κ2) is 7.85. The van der Waals surface area contributed by atoms with Crippen molar-refractivity contribution in [2.24, 2.45) is 0 Å². The predicted molar refractivity (Wildman–Crippen MR) is 122 cm³/mol. The molecule has 0 unspecified atom stereocenters. The molecule has 4 aromatic rings. The molecule has 31 heavy (non-hydrogen) atoms. The number of aromatic nitrogens is 4. The number of benzene rings is 2. The molecule has 0 saturated heterocycles. The van der Waals surface area contributed by atoms with Crippen molar-refractivity contribution in [3.8, 4) is 5.69 Å². The molecule has 0 N–H and O–H groups in total. The topological polar surface area (TPSA) is 61.8 Å². The molecule has 0 spiro atoms. The fraction of sp³-hybridized carbons (Fsp3) is 0.292. The molecule has 6 nitrogen and oxygen atoms in total. The molecular formula is C24H23ClN4O2. The molecule has 7 heteroatoms. The molecule has 1 aliphatic rings. The lowest BCUT2D eigenvalue weighted by Crippen LogP contribution is -2.42. The number of aryl methyl sites for hydroxylation is 1. The van der Waals surface area contributed by atoms with Crippen molar-refractivity contribution >= 4 is 22.8 Å². The molecule has 0 radical (unpaired) electrons. The summed E-state index contributed by atoms with van der Waals surface area (Å²) in [6.45, 7) is 2.54. The highest BCUT2D eigenvalue weighted by Gasteiger charge is 2.26. The summed E-state index contributed by atoms with van der Waals surface area (Å²) >= 11 is 6.45. The largest absolute Gasteiger partial charge is 0.337 e. The summed E-state index contributed by atoms with van der Waals surface area (Å²) in [4.78, 5) is 31.6. The Morgan fingerprint density at radius 3 is 2.45 bits per heavy atom. The van der Waals surface area contributed by atoms with Crippen LogP contribution in [-0.2, 0) is 6.54 Å². The van der Waals surface area contributed by atoms with Gasteiger partial charge in [0.2, 0.25) is 0 Å². The number of imidazole rings is 1. The van der Waals surface area contributed by atoms with Crippen molar-refractivity contribution < 1.29 is 0 Å². The molecule has 0 bridgehead atoms. The quantitative estimate of drug-likeness (QED) is 0.476. The minimum absolute atomic E-state index is 0.0964. The van der Waals surface area contributed by atoms with Crippen molar-refractivity contribution in [2.45, 2.75) is 45.2 Å². The Bertz CT molecular complexity index is 1380. The minimum atomic E-state index is -0.377. The number of nitrogens with zero attached hydrogens (tertiary/aromatic N) is 4. The van der Waals surface area contributed by atoms with E-state index in [9.17, 15) is 9.59 Å². The Morgan fingerprint density at radius 2 is 1.74 bits per heavy atom. The normalized spacial score (nSPS) is 14.5. The van der Waals surface area contributed by atoms with Crippen molar-refractivity contribution in [3.05, 3.63) is 91.8 Å². The highest BCUT2D eigenvalue weighted by Crippen LogP contribution is 2.28. The lowest BCUT2D eigenvalue weighted by atomic mass is 10.1. The third kappa shape index (κ3) is 3.41. The van der Waals surface area contributed by atoms with Gasteiger partial charge in [-0.3, -0.25) is 9.36 Å². The number of halogens is 1. The number of rotatable bonds is 4. The van der Waals surface area contributed by atoms with Gasteiger partial charge in [0, 0.05) is 12.6 Å². The molecule has 2 aromatic heterocycles. The lowest BCUT2D eigenvalue weighted by molar-refractivity contribution is 0.474. The van der Waals surface area contributed by atoms with Gasteiger partial charge in [0.1, 0.15) is 0 Å². The summed E-state index contributed by atoms with van der Waals surface area (Å²) in [6.07, 6.45) is 5.33. The number of hydrogen-bond acceptors (Lipinski definition) is 3. The van der Waals surface area contributed by atoms with Crippen LogP contribution < -0.4 is 11.2 Å². The fourth-order valence-corrected chi connectivity index (χ4v) is 4.72. The second-order valence-corrected chi connectivity index (χ2v) is 8.62. The summed E-state index contributed by atoms with van der Waals surface area (Å²) < 4.78 is 4.75. The van der Waals surface area contributed by atoms with Crippen molar-refractivity contribution in [3.63, 3.8) is 0 Å². The van der Waals surface area contributed by atoms with Gasteiger partial charge >= 0.3 is 5.69 Å². The molecule has 0 amide bonds. The molecule has 2 heterocycles. The smallest absolute Gasteiger partial charge is 0.320 e. The Kier molecular flexibility index (Phi) is 5.02. The van der Waals surface area contributed by atoms with Crippen LogP contribution in [0.4, 0.5) is 0 Å². The number of para-hydroxylation sites is 1. The van der Waals surface area contributed by atoms with Crippen LogP contribution in [0, 0.1) is 6.92 Å². The first kappa shape index (κ1) is 19.8. The SMILES string of the molecule is Cc1ccc(Cn2cnc3c2c(=O)n(C2CCCC2)c(=O)n3-c2ccccc2Cl)cc1. The van der Waals surface area contributed by atoms with Gasteiger partial charge in [0.15, 0.2) is 11.2 Å². The highest BCUT2D eigenvalue weighted by atomic mass is 35.5. The zero-order valence-electron chi connectivity index (χ0n) is 17.3. The second-order valence-electron chi connectivity index (χ2n) is 8.21. The standard InChI is InChI=1S/C24H23ClN4O2/c1-16-10-12-17(13-11-16)14-27-15-26-22-21(27)23(30)28(18-6-2-3-7-18)24(31)29(22)20-9-5-4-8-19(20)25/h4-5,8-13,15,18H,2-3,6-7,14H2,1H3. The summed E-state index contributed by atoms with van der Waals surface area (Å²) in [5.41, 5.74) is 2.88. The first-order valence-electron chi connectivity index (χ1n) is 10.6. The van der Waals surface area contributed by atoms with Crippen molar-refractivity contribution in [1.29, 1.82) is 0 Å². The maximum atomic E-state index is 13.6. The Hall–Kier alpha value is -3.12. The van der Waals surface area contributed by atoms with Gasteiger partial charge < -0.3 is 4.57 Å². The van der Waals surface area contributed by atoms with Gasteiger partial charge in [-0.2, -0.15) is 0 Å². The molecule has 0 aliphatic heterocycles. The van der Waals surface area contributed by atoms with Gasteiger partial charge in [-0.05, 0) is 37.5 Å². The number of fused-ring (bicyclic) bond motifs is 1. The van der Waals surface area contributed by atoms with Gasteiger partial charge in [-0.25, -0.2) is 14.3 Å². The molecule has 1 aliphatic carbocycles. The summed E-state index contributed by atoms with van der Waals surface area (Å²) in [5.74, 6) is 0. The fourth-order valence-electron chi connectivity index (χ4n) is 4.50. The predicted octanol–water partition coefficient (Wildman–Crippen LogP) is 4.47. The molecule has 158 valence electrons. The monoisotopic (exact) mass is 434 g/mol. The summed E-state index contributed by atoms with van der Waals surface area (Å²) in [7, 11) is 0. The van der Waals surface area contributed by atoms with Crippen LogP contribution in [0.1, 0.15) is 42.9 Å². The maximum Gasteiger partial charge on any atom is 0.337 e. The van der Waals surface area contributed by atoms with E-state index in [0.29, 0.717) is 28.4 Å². The lowest BCUT2D eigenvalue weighted by Gasteiger charge is -2.17. The molecular weight excluding hydrogens is 412 g/mol. The van der Waals surface area contributed by atoms with Crippen LogP contribution in [0.15, 0.2) is 64.4 Å². The Balaban J connectivity index is 1.79. The number of hydrogen-bond donors (Lipinski definition) is 0. The summed E-state index contributed by atoms with van der Waals surface area (Å²) in [6, 6.07) is 15.2. The third-order valence-electron chi connectivity index (χ3n) is 6.11. The molecule has 2 aromatic carbocycles. The van der Waals surface area contributed by atoms with Crippen molar-refractivity contribution in [2.75, 3.05) is 0 Å². The van der Waals surface area contributed by atoms with E-state index in [1.807, 2.05) is 47.9 Å². The molecule has 1 saturated carbocycles. The minimum Gasteiger partial charge on any atom is -0.320 e. The zero-order valence-corrected chi connectivity index (χ0v) is 18.0. The van der Waals surface area contributed by atoms with Gasteiger partial charge in [-0.15, -0.1) is 0 Å². The van der Waals surface area contributed by atoms with Crippen LogP contribution in [0.3, 0.4) is 0 Å². The molecule has 0 atom stereocenters. The van der Waals surface area contributed by atoms with Crippen LogP contribution in [0.2, 0.25) is 5.02 Å². The maximum absolute atomic E-state index is 13.6. The van der Waals surface area contributed by atoms with Gasteiger partial charge in [0.25, 0.3) is 5.56 Å².